The Bertz CT molecular complexity index is 755. The lowest BCUT2D eigenvalue weighted by Gasteiger charge is -2.37. The van der Waals surface area contributed by atoms with Gasteiger partial charge in [-0.1, -0.05) is 18.2 Å². The molecule has 110 valence electrons. The second-order valence-corrected chi connectivity index (χ2v) is 5.84. The van der Waals surface area contributed by atoms with Gasteiger partial charge in [0.25, 0.3) is 0 Å². The molecule has 0 saturated carbocycles. The van der Waals surface area contributed by atoms with Crippen molar-refractivity contribution >= 4 is 11.7 Å². The van der Waals surface area contributed by atoms with Gasteiger partial charge in [-0.2, -0.15) is 0 Å². The number of nitrogens with zero attached hydrogens (tertiary/aromatic N) is 1. The van der Waals surface area contributed by atoms with Crippen molar-refractivity contribution in [2.75, 3.05) is 5.32 Å². The van der Waals surface area contributed by atoms with Crippen molar-refractivity contribution in [3.8, 4) is 0 Å². The van der Waals surface area contributed by atoms with E-state index in [2.05, 4.69) is 22.5 Å². The zero-order valence-electron chi connectivity index (χ0n) is 11.9. The molecule has 2 heterocycles. The largest absolute Gasteiger partial charge is 0.478 e. The van der Waals surface area contributed by atoms with Crippen LogP contribution in [0.5, 0.6) is 0 Å². The Hall–Kier alpha value is -2.62. The molecule has 2 aliphatic rings. The number of rotatable bonds is 2. The van der Waals surface area contributed by atoms with E-state index in [0.29, 0.717) is 11.5 Å². The monoisotopic (exact) mass is 292 g/mol. The van der Waals surface area contributed by atoms with Crippen molar-refractivity contribution in [3.05, 3.63) is 71.6 Å². The van der Waals surface area contributed by atoms with Gasteiger partial charge in [-0.25, -0.2) is 4.79 Å². The topological polar surface area (TPSA) is 62.2 Å². The summed E-state index contributed by atoms with van der Waals surface area (Å²) >= 11 is 0. The summed E-state index contributed by atoms with van der Waals surface area (Å²) in [5, 5.41) is 12.8. The molecule has 4 nitrogen and oxygen atoms in total. The van der Waals surface area contributed by atoms with E-state index < -0.39 is 5.97 Å². The zero-order valence-corrected chi connectivity index (χ0v) is 11.9. The lowest BCUT2D eigenvalue weighted by atomic mass is 9.78. The Morgan fingerprint density at radius 2 is 2.18 bits per heavy atom. The minimum absolute atomic E-state index is 0.157. The zero-order chi connectivity index (χ0) is 15.1. The molecule has 2 aromatic rings. The number of nitrogens with one attached hydrogen (secondary N) is 1. The Balaban J connectivity index is 1.79. The van der Waals surface area contributed by atoms with Crippen LogP contribution in [-0.4, -0.2) is 16.1 Å². The fourth-order valence-electron chi connectivity index (χ4n) is 3.58. The number of carboxylic acid groups (broad SMARTS) is 1. The number of fused-ring (bicyclic) bond motifs is 3. The molecular formula is C18H16N2O2. The first-order valence-corrected chi connectivity index (χ1v) is 7.45. The molecule has 22 heavy (non-hydrogen) atoms. The van der Waals surface area contributed by atoms with Gasteiger partial charge in [0, 0.05) is 17.8 Å². The third kappa shape index (κ3) is 1.99. The first-order valence-electron chi connectivity index (χ1n) is 7.45. The maximum absolute atomic E-state index is 11.2. The molecule has 0 radical (unpaired) electrons. The van der Waals surface area contributed by atoms with E-state index in [-0.39, 0.29) is 12.0 Å². The lowest BCUT2D eigenvalue weighted by molar-refractivity contribution is 0.0696. The number of carbonyl (C=O) groups is 1. The molecule has 0 spiro atoms. The molecule has 0 fully saturated rings. The van der Waals surface area contributed by atoms with Crippen molar-refractivity contribution in [2.45, 2.75) is 18.4 Å². The highest BCUT2D eigenvalue weighted by atomic mass is 16.4. The number of benzene rings is 1. The van der Waals surface area contributed by atoms with Crippen LogP contribution in [0.2, 0.25) is 0 Å². The summed E-state index contributed by atoms with van der Waals surface area (Å²) in [6.45, 7) is 0. The molecule has 1 aliphatic heterocycles. The minimum Gasteiger partial charge on any atom is -0.478 e. The normalized spacial score (nSPS) is 25.2. The van der Waals surface area contributed by atoms with Crippen molar-refractivity contribution in [1.82, 2.24) is 4.98 Å². The Morgan fingerprint density at radius 3 is 2.95 bits per heavy atom. The maximum Gasteiger partial charge on any atom is 0.335 e. The third-order valence-electron chi connectivity index (χ3n) is 4.62. The molecular weight excluding hydrogens is 276 g/mol. The molecule has 1 aliphatic carbocycles. The average Bonchev–Trinajstić information content (AvgIpc) is 3.04. The number of aromatic carboxylic acids is 1. The lowest BCUT2D eigenvalue weighted by Crippen LogP contribution is -2.29. The Morgan fingerprint density at radius 1 is 1.27 bits per heavy atom. The smallest absolute Gasteiger partial charge is 0.335 e. The molecule has 0 amide bonds. The number of allylic oxidation sites excluding steroid dienone is 2. The number of hydrogen-bond donors (Lipinski definition) is 2. The number of anilines is 1. The average molecular weight is 292 g/mol. The van der Waals surface area contributed by atoms with Gasteiger partial charge < -0.3 is 10.4 Å². The number of pyridine rings is 1. The van der Waals surface area contributed by atoms with E-state index in [1.165, 1.54) is 0 Å². The van der Waals surface area contributed by atoms with Crippen LogP contribution in [0.4, 0.5) is 5.69 Å². The Labute approximate surface area is 128 Å². The van der Waals surface area contributed by atoms with Gasteiger partial charge >= 0.3 is 5.97 Å². The molecule has 4 heteroatoms. The van der Waals surface area contributed by atoms with Crippen molar-refractivity contribution in [1.29, 1.82) is 0 Å². The number of hydrogen-bond acceptors (Lipinski definition) is 3. The van der Waals surface area contributed by atoms with E-state index >= 15 is 0 Å². The fourth-order valence-corrected chi connectivity index (χ4v) is 3.58. The van der Waals surface area contributed by atoms with Crippen LogP contribution in [0.3, 0.4) is 0 Å². The van der Waals surface area contributed by atoms with Gasteiger partial charge in [0.15, 0.2) is 0 Å². The van der Waals surface area contributed by atoms with Crippen LogP contribution in [0.15, 0.2) is 54.7 Å². The van der Waals surface area contributed by atoms with Gasteiger partial charge in [0.05, 0.1) is 17.3 Å². The summed E-state index contributed by atoms with van der Waals surface area (Å²) in [5.74, 6) is -0.248. The van der Waals surface area contributed by atoms with Crippen LogP contribution in [-0.2, 0) is 0 Å². The third-order valence-corrected chi connectivity index (χ3v) is 4.62. The highest BCUT2D eigenvalue weighted by Crippen LogP contribution is 2.49. The fraction of sp³-hybridized carbons (Fsp3) is 0.222. The second kappa shape index (κ2) is 4.98. The van der Waals surface area contributed by atoms with E-state index in [0.717, 1.165) is 23.4 Å². The molecule has 0 saturated heterocycles. The summed E-state index contributed by atoms with van der Waals surface area (Å²) in [5.41, 5.74) is 3.46. The van der Waals surface area contributed by atoms with Crippen molar-refractivity contribution in [2.24, 2.45) is 5.92 Å². The molecule has 0 unspecified atom stereocenters. The standard InChI is InChI=1S/C18H16N2O2/c21-18(22)11-7-8-15-14(10-11)12-4-3-5-13(12)17(20-15)16-6-1-2-9-19-16/h1-4,6-10,12-13,17,20H,5H2,(H,21,22)/t12-,13+,17-/m0/s1. The van der Waals surface area contributed by atoms with Crippen LogP contribution in [0, 0.1) is 5.92 Å². The van der Waals surface area contributed by atoms with Crippen LogP contribution >= 0.6 is 0 Å². The number of carboxylic acids is 1. The first-order chi connectivity index (χ1) is 10.7. The van der Waals surface area contributed by atoms with Crippen molar-refractivity contribution < 1.29 is 9.90 Å². The van der Waals surface area contributed by atoms with Crippen molar-refractivity contribution in [3.63, 3.8) is 0 Å². The van der Waals surface area contributed by atoms with E-state index in [9.17, 15) is 9.90 Å². The SMILES string of the molecule is O=C(O)c1ccc2c(c1)[C@H]1C=CC[C@H]1[C@@H](c1ccccn1)N2. The van der Waals surface area contributed by atoms with Crippen LogP contribution < -0.4 is 5.32 Å². The number of aromatic nitrogens is 1. The Kier molecular flexibility index (Phi) is 2.96. The summed E-state index contributed by atoms with van der Waals surface area (Å²) in [6, 6.07) is 11.5. The highest BCUT2D eigenvalue weighted by molar-refractivity contribution is 5.89. The summed E-state index contributed by atoms with van der Waals surface area (Å²) in [6.07, 6.45) is 7.19. The van der Waals surface area contributed by atoms with Gasteiger partial charge in [-0.05, 0) is 48.2 Å². The highest BCUT2D eigenvalue weighted by Gasteiger charge is 2.38. The van der Waals surface area contributed by atoms with E-state index in [1.807, 2.05) is 30.5 Å². The second-order valence-electron chi connectivity index (χ2n) is 5.84. The molecule has 2 N–H and O–H groups in total. The van der Waals surface area contributed by atoms with Gasteiger partial charge in [-0.15, -0.1) is 0 Å². The van der Waals surface area contributed by atoms with Crippen LogP contribution in [0.1, 0.15) is 40.0 Å². The quantitative estimate of drug-likeness (QED) is 0.830. The van der Waals surface area contributed by atoms with E-state index in [1.54, 1.807) is 12.1 Å². The van der Waals surface area contributed by atoms with Gasteiger partial charge in [0.1, 0.15) is 0 Å². The minimum atomic E-state index is -0.881. The molecule has 1 aromatic carbocycles. The maximum atomic E-state index is 11.2. The summed E-state index contributed by atoms with van der Waals surface area (Å²) in [7, 11) is 0. The molecule has 1 aromatic heterocycles. The van der Waals surface area contributed by atoms with Gasteiger partial charge in [-0.3, -0.25) is 4.98 Å². The van der Waals surface area contributed by atoms with Gasteiger partial charge in [0.2, 0.25) is 0 Å². The molecule has 4 rings (SSSR count). The van der Waals surface area contributed by atoms with Crippen LogP contribution in [0.25, 0.3) is 0 Å². The first kappa shape index (κ1) is 13.1. The molecule has 0 bridgehead atoms. The summed E-state index contributed by atoms with van der Waals surface area (Å²) in [4.78, 5) is 15.7. The predicted molar refractivity (Wildman–Crippen MR) is 84.0 cm³/mol. The predicted octanol–water partition coefficient (Wildman–Crippen LogP) is 3.61. The molecule has 3 atom stereocenters. The van der Waals surface area contributed by atoms with E-state index in [4.69, 9.17) is 0 Å². The summed E-state index contributed by atoms with van der Waals surface area (Å²) < 4.78 is 0.